The Morgan fingerprint density at radius 2 is 1.67 bits per heavy atom. The van der Waals surface area contributed by atoms with Crippen LogP contribution >= 0.6 is 0 Å². The molecule has 4 aliphatic rings. The lowest BCUT2D eigenvalue weighted by atomic mass is 9.84. The number of morpholine rings is 1. The Morgan fingerprint density at radius 3 is 2.44 bits per heavy atom. The van der Waals surface area contributed by atoms with Crippen LogP contribution in [-0.2, 0) is 9.47 Å². The highest BCUT2D eigenvalue weighted by molar-refractivity contribution is 5.78. The van der Waals surface area contributed by atoms with Crippen LogP contribution in [0, 0.1) is 11.8 Å². The number of imidazole rings is 1. The van der Waals surface area contributed by atoms with Crippen LogP contribution in [-0.4, -0.2) is 88.4 Å². The van der Waals surface area contributed by atoms with Gasteiger partial charge in [0.1, 0.15) is 11.9 Å². The number of benzene rings is 1. The largest absolute Gasteiger partial charge is 0.474 e. The lowest BCUT2D eigenvalue weighted by Gasteiger charge is -2.30. The predicted molar refractivity (Wildman–Crippen MR) is 165 cm³/mol. The third-order valence-corrected chi connectivity index (χ3v) is 9.92. The molecule has 2 saturated carbocycles. The lowest BCUT2D eigenvalue weighted by Crippen LogP contribution is -2.37. The Balaban J connectivity index is 0.962. The minimum absolute atomic E-state index is 0.0147. The number of halogens is 2. The average molecular weight is 627 g/mol. The molecular weight excluding hydrogens is 582 g/mol. The zero-order valence-corrected chi connectivity index (χ0v) is 25.7. The summed E-state index contributed by atoms with van der Waals surface area (Å²) in [7, 11) is 0. The molecular formula is C33H44F2N6O4. The van der Waals surface area contributed by atoms with E-state index < -0.39 is 6.43 Å². The third kappa shape index (κ3) is 7.40. The first-order valence-electron chi connectivity index (χ1n) is 16.7. The number of nitrogens with zero attached hydrogens (tertiary/aromatic N) is 5. The average Bonchev–Trinajstić information content (AvgIpc) is 3.67. The van der Waals surface area contributed by atoms with Crippen LogP contribution in [0.2, 0.25) is 0 Å². The number of nitrogens with one attached hydrogen (secondary N) is 1. The van der Waals surface area contributed by atoms with Crippen LogP contribution in [0.5, 0.6) is 5.88 Å². The zero-order valence-electron chi connectivity index (χ0n) is 25.7. The Bertz CT molecular complexity index is 1420. The molecule has 2 N–H and O–H groups in total. The molecule has 10 nitrogen and oxygen atoms in total. The number of ether oxygens (including phenoxy) is 3. The highest BCUT2D eigenvalue weighted by Gasteiger charge is 2.38. The first-order valence-corrected chi connectivity index (χ1v) is 16.7. The zero-order chi connectivity index (χ0) is 30.8. The number of alkyl halides is 2. The van der Waals surface area contributed by atoms with Gasteiger partial charge in [0.25, 0.3) is 6.43 Å². The number of aliphatic hydroxyl groups is 1. The summed E-state index contributed by atoms with van der Waals surface area (Å²) in [6.45, 7) is 3.85. The van der Waals surface area contributed by atoms with Gasteiger partial charge in [0.15, 0.2) is 5.82 Å². The Morgan fingerprint density at radius 1 is 0.911 bits per heavy atom. The van der Waals surface area contributed by atoms with Gasteiger partial charge in [0.2, 0.25) is 11.8 Å². The van der Waals surface area contributed by atoms with Crippen LogP contribution in [0.3, 0.4) is 0 Å². The van der Waals surface area contributed by atoms with Gasteiger partial charge in [-0.3, -0.25) is 4.57 Å². The summed E-state index contributed by atoms with van der Waals surface area (Å²) in [5.41, 5.74) is 1.05. The maximum Gasteiger partial charge on any atom is 0.296 e. The number of hydrogen-bond acceptors (Lipinski definition) is 9. The second kappa shape index (κ2) is 13.8. The number of para-hydroxylation sites is 2. The molecule has 7 rings (SSSR count). The molecule has 1 aromatic carbocycles. The number of hydrogen-bond donors (Lipinski definition) is 2. The second-order valence-corrected chi connectivity index (χ2v) is 13.1. The van der Waals surface area contributed by atoms with E-state index in [1.165, 1.54) is 11.0 Å². The fraction of sp³-hybridized carbons (Fsp3) is 0.667. The van der Waals surface area contributed by atoms with Gasteiger partial charge in [0.05, 0.1) is 37.0 Å². The van der Waals surface area contributed by atoms with Gasteiger partial charge in [-0.15, -0.1) is 0 Å². The lowest BCUT2D eigenvalue weighted by molar-refractivity contribution is 0.0578. The van der Waals surface area contributed by atoms with E-state index in [1.807, 2.05) is 11.0 Å². The summed E-state index contributed by atoms with van der Waals surface area (Å²) >= 11 is 0. The minimum atomic E-state index is -2.77. The molecule has 45 heavy (non-hydrogen) atoms. The highest BCUT2D eigenvalue weighted by Crippen LogP contribution is 2.34. The summed E-state index contributed by atoms with van der Waals surface area (Å²) < 4.78 is 47.9. The summed E-state index contributed by atoms with van der Waals surface area (Å²) in [6, 6.07) is 9.78. The molecule has 3 aromatic rings. The highest BCUT2D eigenvalue weighted by atomic mass is 19.3. The van der Waals surface area contributed by atoms with E-state index in [0.29, 0.717) is 73.0 Å². The standard InChI is InChI=1S/C33H44F2N6O4/c34-31(35)32-37-25-3-1-2-4-28(25)41(32)29-18-30(39-33(38-29)40-13-15-43-16-14-40)45-24-11-7-22(8-12-24)19-44-20-27-26(36-27)17-21-5-9-23(42)10-6-21/h1-4,18,21-24,26-27,31,36,42H,5-17,19-20H2. The van der Waals surface area contributed by atoms with E-state index >= 15 is 0 Å². The number of aromatic nitrogens is 4. The predicted octanol–water partition coefficient (Wildman–Crippen LogP) is 4.83. The number of aliphatic hydroxyl groups excluding tert-OH is 1. The molecule has 0 spiro atoms. The minimum Gasteiger partial charge on any atom is -0.474 e. The molecule has 4 heterocycles. The van der Waals surface area contributed by atoms with E-state index in [9.17, 15) is 13.9 Å². The number of anilines is 1. The van der Waals surface area contributed by atoms with Gasteiger partial charge in [-0.05, 0) is 81.8 Å². The van der Waals surface area contributed by atoms with Crippen molar-refractivity contribution in [1.29, 1.82) is 0 Å². The Labute approximate surface area is 262 Å². The van der Waals surface area contributed by atoms with Crippen LogP contribution in [0.25, 0.3) is 16.9 Å². The fourth-order valence-electron chi connectivity index (χ4n) is 7.22. The Hall–Kier alpha value is -2.93. The number of rotatable bonds is 11. The quantitative estimate of drug-likeness (QED) is 0.289. The van der Waals surface area contributed by atoms with Crippen molar-refractivity contribution in [3.63, 3.8) is 0 Å². The van der Waals surface area contributed by atoms with Gasteiger partial charge in [-0.25, -0.2) is 13.8 Å². The van der Waals surface area contributed by atoms with Gasteiger partial charge < -0.3 is 29.5 Å². The van der Waals surface area contributed by atoms with Crippen molar-refractivity contribution in [1.82, 2.24) is 24.8 Å². The third-order valence-electron chi connectivity index (χ3n) is 9.92. The summed E-state index contributed by atoms with van der Waals surface area (Å²) in [5.74, 6) is 2.03. The van der Waals surface area contributed by atoms with Crippen molar-refractivity contribution < 1.29 is 28.1 Å². The molecule has 2 aromatic heterocycles. The monoisotopic (exact) mass is 626 g/mol. The van der Waals surface area contributed by atoms with Crippen molar-refractivity contribution in [3.05, 3.63) is 36.2 Å². The second-order valence-electron chi connectivity index (χ2n) is 13.1. The van der Waals surface area contributed by atoms with Gasteiger partial charge >= 0.3 is 0 Å². The molecule has 2 aliphatic heterocycles. The van der Waals surface area contributed by atoms with Gasteiger partial charge in [-0.1, -0.05) is 12.1 Å². The molecule has 0 bridgehead atoms. The summed E-state index contributed by atoms with van der Waals surface area (Å²) in [6.07, 6.45) is 6.26. The van der Waals surface area contributed by atoms with Crippen molar-refractivity contribution in [2.75, 3.05) is 44.4 Å². The molecule has 2 aliphatic carbocycles. The first kappa shape index (κ1) is 30.7. The van der Waals surface area contributed by atoms with E-state index in [-0.39, 0.29) is 18.0 Å². The topological polar surface area (TPSA) is 117 Å². The molecule has 2 unspecified atom stereocenters. The van der Waals surface area contributed by atoms with E-state index in [4.69, 9.17) is 24.2 Å². The van der Waals surface area contributed by atoms with Crippen molar-refractivity contribution >= 4 is 17.0 Å². The van der Waals surface area contributed by atoms with Crippen LogP contribution in [0.1, 0.15) is 70.0 Å². The molecule has 0 radical (unpaired) electrons. The van der Waals surface area contributed by atoms with Gasteiger partial charge in [-0.2, -0.15) is 9.97 Å². The maximum absolute atomic E-state index is 14.2. The smallest absolute Gasteiger partial charge is 0.296 e. The van der Waals surface area contributed by atoms with Crippen LogP contribution in [0.15, 0.2) is 30.3 Å². The normalized spacial score (nSPS) is 28.9. The molecule has 4 fully saturated rings. The SMILES string of the molecule is OC1CCC(CC2NC2COCC2CCC(Oc3cc(-n4c(C(F)F)nc5ccccc54)nc(N4CCOCC4)n3)CC2)CC1. The summed E-state index contributed by atoms with van der Waals surface area (Å²) in [4.78, 5) is 15.7. The van der Waals surface area contributed by atoms with Crippen LogP contribution in [0.4, 0.5) is 14.7 Å². The van der Waals surface area contributed by atoms with Crippen molar-refractivity contribution in [3.8, 4) is 11.7 Å². The molecule has 2 atom stereocenters. The molecule has 0 amide bonds. The molecule has 244 valence electrons. The Kier molecular flexibility index (Phi) is 9.43. The van der Waals surface area contributed by atoms with E-state index in [0.717, 1.165) is 70.5 Å². The molecule has 2 saturated heterocycles. The van der Waals surface area contributed by atoms with Crippen molar-refractivity contribution in [2.24, 2.45) is 11.8 Å². The van der Waals surface area contributed by atoms with E-state index in [2.05, 4.69) is 10.3 Å². The number of fused-ring (bicyclic) bond motifs is 1. The maximum atomic E-state index is 14.2. The van der Waals surface area contributed by atoms with Crippen LogP contribution < -0.4 is 15.0 Å². The fourth-order valence-corrected chi connectivity index (χ4v) is 7.22. The molecule has 12 heteroatoms. The van der Waals surface area contributed by atoms with Gasteiger partial charge in [0, 0.05) is 37.8 Å². The summed E-state index contributed by atoms with van der Waals surface area (Å²) in [5, 5.41) is 13.3. The van der Waals surface area contributed by atoms with E-state index in [1.54, 1.807) is 24.3 Å². The first-order chi connectivity index (χ1) is 22.0. The van der Waals surface area contributed by atoms with Crippen molar-refractivity contribution in [2.45, 2.75) is 88.5 Å².